The monoisotopic (exact) mass is 655 g/mol. The lowest BCUT2D eigenvalue weighted by Gasteiger charge is -2.28. The average molecular weight is 656 g/mol. The quantitative estimate of drug-likeness (QED) is 0.103. The number of benzene rings is 3. The maximum Gasteiger partial charge on any atom is 0.424 e. The number of carbonyl (C=O) groups excluding carboxylic acids is 3. The van der Waals surface area contributed by atoms with Crippen molar-refractivity contribution in [3.8, 4) is 16.9 Å². The Morgan fingerprint density at radius 1 is 0.771 bits per heavy atom. The molecule has 10 heteroatoms. The van der Waals surface area contributed by atoms with Crippen LogP contribution in [0, 0.1) is 0 Å². The van der Waals surface area contributed by atoms with Gasteiger partial charge in [0.2, 0.25) is 0 Å². The van der Waals surface area contributed by atoms with E-state index in [9.17, 15) is 14.4 Å². The molecular weight excluding hydrogens is 610 g/mol. The fourth-order valence-corrected chi connectivity index (χ4v) is 5.88. The first-order valence-electron chi connectivity index (χ1n) is 16.1. The van der Waals surface area contributed by atoms with Crippen LogP contribution in [0.15, 0.2) is 72.8 Å². The zero-order valence-electron chi connectivity index (χ0n) is 29.0. The highest BCUT2D eigenvalue weighted by atomic mass is 16.6. The van der Waals surface area contributed by atoms with Gasteiger partial charge in [-0.1, -0.05) is 48.5 Å². The Morgan fingerprint density at radius 3 is 1.96 bits per heavy atom. The molecule has 48 heavy (non-hydrogen) atoms. The number of amides is 1. The van der Waals surface area contributed by atoms with Crippen LogP contribution < -0.4 is 4.74 Å². The Balaban J connectivity index is 1.32. The maximum absolute atomic E-state index is 13.3. The number of hydrogen-bond donors (Lipinski definition) is 0. The fraction of sp³-hybridized carbons (Fsp3) is 0.395. The molecule has 1 aliphatic rings. The number of nitrogens with zero attached hydrogens (tertiary/aromatic N) is 3. The van der Waals surface area contributed by atoms with Gasteiger partial charge in [-0.3, -0.25) is 4.79 Å². The highest BCUT2D eigenvalue weighted by Gasteiger charge is 2.30. The number of hydrogen-bond acceptors (Lipinski definition) is 8. The lowest BCUT2D eigenvalue weighted by Crippen LogP contribution is -2.42. The third-order valence-electron chi connectivity index (χ3n) is 7.95. The highest BCUT2D eigenvalue weighted by Crippen LogP contribution is 2.44. The van der Waals surface area contributed by atoms with E-state index in [-0.39, 0.29) is 32.2 Å². The van der Waals surface area contributed by atoms with Crippen LogP contribution in [0.3, 0.4) is 0 Å². The minimum Gasteiger partial charge on any atom is -0.482 e. The van der Waals surface area contributed by atoms with Gasteiger partial charge in [-0.2, -0.15) is 0 Å². The van der Waals surface area contributed by atoms with Crippen molar-refractivity contribution in [2.45, 2.75) is 71.8 Å². The fourth-order valence-electron chi connectivity index (χ4n) is 5.88. The molecule has 0 aliphatic heterocycles. The summed E-state index contributed by atoms with van der Waals surface area (Å²) in [6.45, 7) is 11.0. The summed E-state index contributed by atoms with van der Waals surface area (Å²) in [7, 11) is 3.44. The summed E-state index contributed by atoms with van der Waals surface area (Å²) in [4.78, 5) is 38.6. The first kappa shape index (κ1) is 34.5. The summed E-state index contributed by atoms with van der Waals surface area (Å²) in [5.41, 5.74) is 4.80. The minimum atomic E-state index is -0.664. The van der Waals surface area contributed by atoms with Crippen molar-refractivity contribution in [1.29, 1.82) is 0 Å². The van der Waals surface area contributed by atoms with E-state index in [1.54, 1.807) is 52.0 Å². The summed E-state index contributed by atoms with van der Waals surface area (Å²) in [6, 6.07) is 23.8. The molecule has 254 valence electrons. The molecule has 5 rings (SSSR count). The van der Waals surface area contributed by atoms with E-state index in [1.807, 2.05) is 61.7 Å². The van der Waals surface area contributed by atoms with E-state index in [0.29, 0.717) is 5.75 Å². The molecule has 0 unspecified atom stereocenters. The van der Waals surface area contributed by atoms with Gasteiger partial charge in [0.1, 0.15) is 30.1 Å². The molecule has 0 N–H and O–H groups in total. The van der Waals surface area contributed by atoms with E-state index in [2.05, 4.69) is 24.3 Å². The summed E-state index contributed by atoms with van der Waals surface area (Å²) >= 11 is 0. The van der Waals surface area contributed by atoms with Crippen molar-refractivity contribution in [3.05, 3.63) is 89.6 Å². The predicted octanol–water partition coefficient (Wildman–Crippen LogP) is 6.93. The third kappa shape index (κ3) is 8.17. The van der Waals surface area contributed by atoms with Crippen molar-refractivity contribution >= 4 is 28.9 Å². The zero-order valence-corrected chi connectivity index (χ0v) is 29.0. The van der Waals surface area contributed by atoms with Gasteiger partial charge in [-0.15, -0.1) is 0 Å². The smallest absolute Gasteiger partial charge is 0.424 e. The summed E-state index contributed by atoms with van der Waals surface area (Å²) in [5, 5.41) is 4.02. The second-order valence-corrected chi connectivity index (χ2v) is 14.0. The van der Waals surface area contributed by atoms with Gasteiger partial charge < -0.3 is 23.5 Å². The van der Waals surface area contributed by atoms with Crippen molar-refractivity contribution < 1.29 is 33.3 Å². The van der Waals surface area contributed by atoms with E-state index in [4.69, 9.17) is 18.9 Å². The van der Waals surface area contributed by atoms with Crippen LogP contribution in [-0.2, 0) is 36.9 Å². The molecule has 0 fully saturated rings. The lowest BCUT2D eigenvalue weighted by molar-refractivity contribution is -0.157. The van der Waals surface area contributed by atoms with Gasteiger partial charge in [-0.05, 0) is 82.0 Å². The standard InChI is InChI=1S/C38H45N3O7/c1-37(2,3)47-34(42)22-41-26(19-25-17-18-27(20-33(25)41)45-24-35(43)48-38(4,5)6)21-39(7)40(8)36(44)46-23-32-30-15-11-9-13-28(30)29-14-10-12-16-31(29)32/h9-20,32H,21-24H2,1-8H3. The van der Waals surface area contributed by atoms with Crippen LogP contribution in [0.2, 0.25) is 0 Å². The average Bonchev–Trinajstić information content (AvgIpc) is 3.51. The number of esters is 2. The molecule has 1 aromatic heterocycles. The third-order valence-corrected chi connectivity index (χ3v) is 7.95. The maximum atomic E-state index is 13.3. The molecule has 0 atom stereocenters. The van der Waals surface area contributed by atoms with Gasteiger partial charge in [-0.25, -0.2) is 19.6 Å². The van der Waals surface area contributed by atoms with Gasteiger partial charge >= 0.3 is 18.0 Å². The molecular formula is C38H45N3O7. The van der Waals surface area contributed by atoms with Crippen LogP contribution in [0.1, 0.15) is 64.3 Å². The molecule has 0 saturated heterocycles. The van der Waals surface area contributed by atoms with E-state index < -0.39 is 29.2 Å². The van der Waals surface area contributed by atoms with Crippen LogP contribution in [0.5, 0.6) is 5.75 Å². The van der Waals surface area contributed by atoms with Crippen molar-refractivity contribution in [3.63, 3.8) is 0 Å². The summed E-state index contributed by atoms with van der Waals surface area (Å²) in [6.07, 6.45) is -0.494. The van der Waals surface area contributed by atoms with Crippen molar-refractivity contribution in [2.75, 3.05) is 27.3 Å². The van der Waals surface area contributed by atoms with Crippen LogP contribution >= 0.6 is 0 Å². The van der Waals surface area contributed by atoms with Crippen LogP contribution in [-0.4, -0.2) is 71.1 Å². The van der Waals surface area contributed by atoms with Crippen LogP contribution in [0.25, 0.3) is 22.0 Å². The summed E-state index contributed by atoms with van der Waals surface area (Å²) < 4.78 is 24.5. The highest BCUT2D eigenvalue weighted by molar-refractivity contribution is 5.85. The number of fused-ring (bicyclic) bond motifs is 4. The van der Waals surface area contributed by atoms with Crippen LogP contribution in [0.4, 0.5) is 4.79 Å². The molecule has 3 aromatic carbocycles. The second kappa shape index (κ2) is 13.7. The number of rotatable bonds is 10. The number of hydrazine groups is 1. The first-order valence-corrected chi connectivity index (χ1v) is 16.1. The van der Waals surface area contributed by atoms with Gasteiger partial charge in [0.15, 0.2) is 6.61 Å². The molecule has 0 radical (unpaired) electrons. The number of ether oxygens (including phenoxy) is 4. The van der Waals surface area contributed by atoms with Crippen molar-refractivity contribution in [2.24, 2.45) is 0 Å². The topological polar surface area (TPSA) is 99.5 Å². The number of carbonyl (C=O) groups is 3. The predicted molar refractivity (Wildman–Crippen MR) is 183 cm³/mol. The Kier molecular flexibility index (Phi) is 9.86. The molecule has 1 aliphatic carbocycles. The Bertz CT molecular complexity index is 1770. The van der Waals surface area contributed by atoms with E-state index in [0.717, 1.165) is 38.9 Å². The van der Waals surface area contributed by atoms with E-state index in [1.165, 1.54) is 5.01 Å². The normalized spacial score (nSPS) is 12.9. The molecule has 0 bridgehead atoms. The van der Waals surface area contributed by atoms with Crippen molar-refractivity contribution in [1.82, 2.24) is 14.6 Å². The molecule has 10 nitrogen and oxygen atoms in total. The lowest BCUT2D eigenvalue weighted by atomic mass is 9.98. The SMILES string of the molecule is CN(Cc1cc2ccc(OCC(=O)OC(C)(C)C)cc2n1CC(=O)OC(C)(C)C)N(C)C(=O)OCC1c2ccccc2-c2ccccc21. The molecule has 0 saturated carbocycles. The summed E-state index contributed by atoms with van der Waals surface area (Å²) in [5.74, 6) is -0.491. The van der Waals surface area contributed by atoms with Gasteiger partial charge in [0, 0.05) is 37.2 Å². The molecule has 1 heterocycles. The Morgan fingerprint density at radius 2 is 1.35 bits per heavy atom. The molecule has 4 aromatic rings. The first-order chi connectivity index (χ1) is 22.6. The minimum absolute atomic E-state index is 0.0526. The molecule has 0 spiro atoms. The Hall–Kier alpha value is -4.83. The zero-order chi connectivity index (χ0) is 34.8. The Labute approximate surface area is 282 Å². The number of aromatic nitrogens is 1. The van der Waals surface area contributed by atoms with Gasteiger partial charge in [0.05, 0.1) is 12.1 Å². The molecule has 1 amide bonds. The second-order valence-electron chi connectivity index (χ2n) is 14.0. The van der Waals surface area contributed by atoms with Gasteiger partial charge in [0.25, 0.3) is 0 Å². The van der Waals surface area contributed by atoms with E-state index >= 15 is 0 Å². The largest absolute Gasteiger partial charge is 0.482 e.